The van der Waals surface area contributed by atoms with Gasteiger partial charge in [0.2, 0.25) is 5.91 Å². The number of carbonyl (C=O) groups excluding carboxylic acids is 2. The Morgan fingerprint density at radius 1 is 1.07 bits per heavy atom. The molecule has 1 saturated heterocycles. The molecule has 2 aliphatic rings. The van der Waals surface area contributed by atoms with Crippen LogP contribution in [0.1, 0.15) is 60.7 Å². The summed E-state index contributed by atoms with van der Waals surface area (Å²) in [6.07, 6.45) is 3.70. The molecule has 0 radical (unpaired) electrons. The molecule has 2 amide bonds. The number of amides is 2. The van der Waals surface area contributed by atoms with Crippen LogP contribution < -0.4 is 11.0 Å². The molecule has 2 heterocycles. The summed E-state index contributed by atoms with van der Waals surface area (Å²) in [4.78, 5) is 38.1. The summed E-state index contributed by atoms with van der Waals surface area (Å²) in [5.41, 5.74) is 1.26. The van der Waals surface area contributed by atoms with Crippen molar-refractivity contribution in [3.63, 3.8) is 0 Å². The van der Waals surface area contributed by atoms with Crippen LogP contribution in [0.4, 0.5) is 5.69 Å². The minimum atomic E-state index is -0.139. The lowest BCUT2D eigenvalue weighted by Crippen LogP contribution is -2.38. The number of aryl methyl sites for hydroxylation is 1. The zero-order valence-corrected chi connectivity index (χ0v) is 16.2. The molecular weight excluding hydrogens is 358 g/mol. The van der Waals surface area contributed by atoms with Gasteiger partial charge in [0.1, 0.15) is 5.82 Å². The first-order valence-electron chi connectivity index (χ1n) is 9.76. The van der Waals surface area contributed by atoms with Crippen molar-refractivity contribution >= 4 is 17.5 Å². The first-order chi connectivity index (χ1) is 13.4. The van der Waals surface area contributed by atoms with Gasteiger partial charge in [-0.05, 0) is 49.9 Å². The molecule has 0 spiro atoms. The van der Waals surface area contributed by atoms with Crippen molar-refractivity contribution in [3.8, 4) is 0 Å². The Balaban J connectivity index is 1.42. The van der Waals surface area contributed by atoms with E-state index >= 15 is 0 Å². The molecule has 1 N–H and O–H groups in total. The summed E-state index contributed by atoms with van der Waals surface area (Å²) in [5, 5.41) is 7.19. The third-order valence-corrected chi connectivity index (χ3v) is 5.49. The highest BCUT2D eigenvalue weighted by molar-refractivity contribution is 5.95. The van der Waals surface area contributed by atoms with Crippen LogP contribution >= 0.6 is 0 Å². The van der Waals surface area contributed by atoms with Crippen LogP contribution in [0.3, 0.4) is 0 Å². The number of nitrogens with one attached hydrogen (secondary N) is 1. The van der Waals surface area contributed by atoms with E-state index in [1.54, 1.807) is 31.3 Å². The lowest BCUT2D eigenvalue weighted by Gasteiger charge is -2.31. The molecule has 2 fully saturated rings. The number of benzene rings is 1. The highest BCUT2D eigenvalue weighted by atomic mass is 16.2. The molecular formula is C20H25N5O3. The Morgan fingerprint density at radius 2 is 1.71 bits per heavy atom. The summed E-state index contributed by atoms with van der Waals surface area (Å²) in [6, 6.07) is 7.26. The van der Waals surface area contributed by atoms with E-state index in [0.29, 0.717) is 30.4 Å². The van der Waals surface area contributed by atoms with E-state index in [2.05, 4.69) is 10.4 Å². The van der Waals surface area contributed by atoms with Crippen LogP contribution in [0.5, 0.6) is 0 Å². The molecule has 2 aromatic rings. The lowest BCUT2D eigenvalue weighted by molar-refractivity contribution is -0.114. The van der Waals surface area contributed by atoms with Crippen molar-refractivity contribution in [1.82, 2.24) is 19.2 Å². The minimum absolute atomic E-state index is 0.00608. The zero-order valence-electron chi connectivity index (χ0n) is 16.2. The number of carbonyl (C=O) groups is 2. The smallest absolute Gasteiger partial charge is 0.339 e. The van der Waals surface area contributed by atoms with Crippen LogP contribution in [-0.4, -0.2) is 44.2 Å². The van der Waals surface area contributed by atoms with E-state index in [9.17, 15) is 14.4 Å². The lowest BCUT2D eigenvalue weighted by atomic mass is 9.95. The first kappa shape index (κ1) is 18.5. The fraction of sp³-hybridized carbons (Fsp3) is 0.500. The molecule has 1 aromatic heterocycles. The normalized spacial score (nSPS) is 17.6. The van der Waals surface area contributed by atoms with Gasteiger partial charge in [0.25, 0.3) is 5.91 Å². The number of piperidine rings is 1. The molecule has 4 rings (SSSR count). The van der Waals surface area contributed by atoms with Gasteiger partial charge in [-0.1, -0.05) is 0 Å². The molecule has 1 aromatic carbocycles. The van der Waals surface area contributed by atoms with Crippen LogP contribution in [0.15, 0.2) is 29.1 Å². The zero-order chi connectivity index (χ0) is 19.8. The summed E-state index contributed by atoms with van der Waals surface area (Å²) < 4.78 is 3.30. The van der Waals surface area contributed by atoms with E-state index in [1.807, 2.05) is 9.47 Å². The molecule has 148 valence electrons. The monoisotopic (exact) mass is 383 g/mol. The highest BCUT2D eigenvalue weighted by Gasteiger charge is 2.34. The number of hydrogen-bond acceptors (Lipinski definition) is 4. The van der Waals surface area contributed by atoms with Gasteiger partial charge in [-0.25, -0.2) is 9.48 Å². The Labute approximate surface area is 163 Å². The van der Waals surface area contributed by atoms with Gasteiger partial charge in [-0.15, -0.1) is 0 Å². The quantitative estimate of drug-likeness (QED) is 0.873. The van der Waals surface area contributed by atoms with Gasteiger partial charge in [0, 0.05) is 50.3 Å². The predicted octanol–water partition coefficient (Wildman–Crippen LogP) is 1.89. The minimum Gasteiger partial charge on any atom is -0.339 e. The molecule has 0 atom stereocenters. The van der Waals surface area contributed by atoms with Crippen molar-refractivity contribution in [2.75, 3.05) is 18.4 Å². The fourth-order valence-corrected chi connectivity index (χ4v) is 3.88. The van der Waals surface area contributed by atoms with Crippen LogP contribution in [-0.2, 0) is 11.8 Å². The van der Waals surface area contributed by atoms with E-state index < -0.39 is 0 Å². The number of anilines is 1. The third kappa shape index (κ3) is 3.58. The SMILES string of the molecule is CC(=O)Nc1ccc(C(=O)N2CCC(c3nn(C)c(=O)n3C3CC3)CC2)cc1. The van der Waals surface area contributed by atoms with Gasteiger partial charge in [-0.2, -0.15) is 5.10 Å². The molecule has 1 aliphatic carbocycles. The average Bonchev–Trinajstić information content (AvgIpc) is 3.47. The van der Waals surface area contributed by atoms with E-state index in [0.717, 1.165) is 31.5 Å². The van der Waals surface area contributed by atoms with Gasteiger partial charge in [-0.3, -0.25) is 14.2 Å². The second-order valence-corrected chi connectivity index (χ2v) is 7.69. The first-order valence-corrected chi connectivity index (χ1v) is 9.76. The molecule has 0 bridgehead atoms. The maximum absolute atomic E-state index is 12.8. The molecule has 1 saturated carbocycles. The van der Waals surface area contributed by atoms with Gasteiger partial charge < -0.3 is 10.2 Å². The van der Waals surface area contributed by atoms with Crippen LogP contribution in [0, 0.1) is 0 Å². The second-order valence-electron chi connectivity index (χ2n) is 7.69. The number of rotatable bonds is 4. The molecule has 28 heavy (non-hydrogen) atoms. The highest BCUT2D eigenvalue weighted by Crippen LogP contribution is 2.37. The van der Waals surface area contributed by atoms with Gasteiger partial charge in [0.05, 0.1) is 0 Å². The fourth-order valence-electron chi connectivity index (χ4n) is 3.88. The third-order valence-electron chi connectivity index (χ3n) is 5.49. The Hall–Kier alpha value is -2.90. The largest absolute Gasteiger partial charge is 0.345 e. The summed E-state index contributed by atoms with van der Waals surface area (Å²) >= 11 is 0. The molecule has 8 heteroatoms. The van der Waals surface area contributed by atoms with Crippen molar-refractivity contribution in [2.45, 2.75) is 44.6 Å². The van der Waals surface area contributed by atoms with Crippen molar-refractivity contribution < 1.29 is 9.59 Å². The number of hydrogen-bond donors (Lipinski definition) is 1. The Morgan fingerprint density at radius 3 is 2.29 bits per heavy atom. The number of aromatic nitrogens is 3. The van der Waals surface area contributed by atoms with E-state index in [1.165, 1.54) is 11.6 Å². The summed E-state index contributed by atoms with van der Waals surface area (Å²) in [5.74, 6) is 0.941. The van der Waals surface area contributed by atoms with Crippen molar-refractivity contribution in [3.05, 3.63) is 46.1 Å². The van der Waals surface area contributed by atoms with Crippen LogP contribution in [0.25, 0.3) is 0 Å². The van der Waals surface area contributed by atoms with Crippen LogP contribution in [0.2, 0.25) is 0 Å². The second kappa shape index (κ2) is 7.26. The predicted molar refractivity (Wildman–Crippen MR) is 104 cm³/mol. The Bertz CT molecular complexity index is 947. The average molecular weight is 383 g/mol. The standard InChI is InChI=1S/C20H25N5O3/c1-13(26)21-16-5-3-15(4-6-16)19(27)24-11-9-14(10-12-24)18-22-23(2)20(28)25(18)17-7-8-17/h3-6,14,17H,7-12H2,1-2H3,(H,21,26). The van der Waals surface area contributed by atoms with Crippen molar-refractivity contribution in [1.29, 1.82) is 0 Å². The summed E-state index contributed by atoms with van der Waals surface area (Å²) in [7, 11) is 1.70. The molecule has 1 aliphatic heterocycles. The maximum Gasteiger partial charge on any atom is 0.345 e. The molecule has 0 unspecified atom stereocenters. The van der Waals surface area contributed by atoms with Crippen molar-refractivity contribution in [2.24, 2.45) is 7.05 Å². The van der Waals surface area contributed by atoms with Gasteiger partial charge in [0.15, 0.2) is 0 Å². The van der Waals surface area contributed by atoms with E-state index in [4.69, 9.17) is 0 Å². The van der Waals surface area contributed by atoms with E-state index in [-0.39, 0.29) is 23.4 Å². The maximum atomic E-state index is 12.8. The Kier molecular flexibility index (Phi) is 4.78. The number of likely N-dealkylation sites (tertiary alicyclic amines) is 1. The van der Waals surface area contributed by atoms with Gasteiger partial charge >= 0.3 is 5.69 Å². The molecule has 8 nitrogen and oxygen atoms in total. The topological polar surface area (TPSA) is 89.2 Å². The number of nitrogens with zero attached hydrogens (tertiary/aromatic N) is 4. The summed E-state index contributed by atoms with van der Waals surface area (Å²) in [6.45, 7) is 2.74.